The molecular weight excluding hydrogens is 122 g/mol. The molecular formula is C5H7NO3. The monoisotopic (exact) mass is 129 g/mol. The Balaban J connectivity index is 2.44. The molecule has 0 unspecified atom stereocenters. The van der Waals surface area contributed by atoms with E-state index in [-0.39, 0.29) is 6.73 Å². The Bertz CT molecular complexity index is 143. The summed E-state index contributed by atoms with van der Waals surface area (Å²) in [5.74, 6) is 0. The summed E-state index contributed by atoms with van der Waals surface area (Å²) < 4.78 is 4.71. The lowest BCUT2D eigenvalue weighted by atomic mass is 10.5. The van der Waals surface area contributed by atoms with Crippen molar-refractivity contribution in [2.75, 3.05) is 13.3 Å². The van der Waals surface area contributed by atoms with Gasteiger partial charge in [0.1, 0.15) is 0 Å². The molecule has 1 rings (SSSR count). The van der Waals surface area contributed by atoms with Crippen LogP contribution in [0.25, 0.3) is 0 Å². The molecule has 1 N–H and O–H groups in total. The van der Waals surface area contributed by atoms with E-state index in [9.17, 15) is 4.79 Å². The van der Waals surface area contributed by atoms with Crippen molar-refractivity contribution in [3.8, 4) is 0 Å². The number of ether oxygens (including phenoxy) is 1. The van der Waals surface area contributed by atoms with Crippen LogP contribution in [0.3, 0.4) is 0 Å². The molecule has 0 bridgehead atoms. The minimum atomic E-state index is -0.945. The van der Waals surface area contributed by atoms with Crippen LogP contribution >= 0.6 is 0 Å². The summed E-state index contributed by atoms with van der Waals surface area (Å²) in [5.41, 5.74) is 0. The van der Waals surface area contributed by atoms with E-state index in [0.29, 0.717) is 6.54 Å². The van der Waals surface area contributed by atoms with Gasteiger partial charge in [-0.3, -0.25) is 4.90 Å². The average Bonchev–Trinajstić information content (AvgIpc) is 1.90. The van der Waals surface area contributed by atoms with E-state index in [4.69, 9.17) is 9.84 Å². The van der Waals surface area contributed by atoms with Crippen LogP contribution in [0.15, 0.2) is 12.3 Å². The average molecular weight is 129 g/mol. The molecule has 1 heterocycles. The zero-order valence-corrected chi connectivity index (χ0v) is 4.78. The van der Waals surface area contributed by atoms with Gasteiger partial charge in [0.2, 0.25) is 0 Å². The largest absolute Gasteiger partial charge is 0.481 e. The number of carbonyl (C=O) groups is 1. The zero-order chi connectivity index (χ0) is 6.69. The molecule has 9 heavy (non-hydrogen) atoms. The minimum Gasteiger partial charge on any atom is -0.481 e. The van der Waals surface area contributed by atoms with Gasteiger partial charge < -0.3 is 9.84 Å². The first-order valence-electron chi connectivity index (χ1n) is 2.55. The van der Waals surface area contributed by atoms with Crippen LogP contribution in [0.5, 0.6) is 0 Å². The lowest BCUT2D eigenvalue weighted by Gasteiger charge is -2.19. The molecule has 0 atom stereocenters. The van der Waals surface area contributed by atoms with Crippen molar-refractivity contribution in [3.05, 3.63) is 12.3 Å². The van der Waals surface area contributed by atoms with Crippen molar-refractivity contribution >= 4 is 6.09 Å². The third-order valence-electron chi connectivity index (χ3n) is 1.02. The minimum absolute atomic E-state index is 0.145. The first-order chi connectivity index (χ1) is 4.30. The molecule has 1 aliphatic heterocycles. The Morgan fingerprint density at radius 3 is 2.89 bits per heavy atom. The summed E-state index contributed by atoms with van der Waals surface area (Å²) in [6, 6.07) is 0. The molecule has 0 aromatic heterocycles. The topological polar surface area (TPSA) is 49.8 Å². The van der Waals surface area contributed by atoms with E-state index in [1.54, 1.807) is 6.08 Å². The van der Waals surface area contributed by atoms with Gasteiger partial charge in [-0.1, -0.05) is 0 Å². The first kappa shape index (κ1) is 5.94. The standard InChI is InChI=1S/C5H7NO3/c7-5(8)6-2-1-3-9-4-6/h1,3H,2,4H2,(H,7,8). The SMILES string of the molecule is O=C(O)N1CC=COC1. The van der Waals surface area contributed by atoms with Crippen molar-refractivity contribution in [3.63, 3.8) is 0 Å². The lowest BCUT2D eigenvalue weighted by Crippen LogP contribution is -2.33. The summed E-state index contributed by atoms with van der Waals surface area (Å²) in [6.07, 6.45) is 2.20. The Kier molecular flexibility index (Phi) is 1.58. The fourth-order valence-electron chi connectivity index (χ4n) is 0.557. The Morgan fingerprint density at radius 1 is 1.78 bits per heavy atom. The second kappa shape index (κ2) is 2.39. The third-order valence-corrected chi connectivity index (χ3v) is 1.02. The number of nitrogens with zero attached hydrogens (tertiary/aromatic N) is 1. The lowest BCUT2D eigenvalue weighted by molar-refractivity contribution is 0.0741. The smallest absolute Gasteiger partial charge is 0.410 e. The Morgan fingerprint density at radius 2 is 2.56 bits per heavy atom. The van der Waals surface area contributed by atoms with Gasteiger partial charge in [-0.2, -0.15) is 0 Å². The van der Waals surface area contributed by atoms with Crippen molar-refractivity contribution in [2.45, 2.75) is 0 Å². The molecule has 0 saturated heterocycles. The summed E-state index contributed by atoms with van der Waals surface area (Å²) in [4.78, 5) is 11.3. The van der Waals surface area contributed by atoms with Gasteiger partial charge in [0.15, 0.2) is 6.73 Å². The number of rotatable bonds is 0. The number of carboxylic acid groups (broad SMARTS) is 1. The van der Waals surface area contributed by atoms with Crippen LogP contribution < -0.4 is 0 Å². The van der Waals surface area contributed by atoms with Gasteiger partial charge in [0.25, 0.3) is 0 Å². The highest BCUT2D eigenvalue weighted by molar-refractivity contribution is 5.65. The number of hydrogen-bond acceptors (Lipinski definition) is 2. The van der Waals surface area contributed by atoms with Crippen LogP contribution in [-0.2, 0) is 4.74 Å². The molecule has 1 aliphatic rings. The predicted octanol–water partition coefficient (Wildman–Crippen LogP) is 0.468. The molecule has 0 aliphatic carbocycles. The number of amides is 1. The Hall–Kier alpha value is -1.19. The molecule has 0 fully saturated rings. The van der Waals surface area contributed by atoms with Crippen LogP contribution in [0, 0.1) is 0 Å². The van der Waals surface area contributed by atoms with E-state index in [2.05, 4.69) is 0 Å². The maximum absolute atomic E-state index is 10.2. The molecule has 0 spiro atoms. The molecule has 0 saturated carbocycles. The van der Waals surface area contributed by atoms with Gasteiger partial charge in [-0.25, -0.2) is 4.79 Å². The molecule has 0 aromatic carbocycles. The van der Waals surface area contributed by atoms with E-state index < -0.39 is 6.09 Å². The molecule has 0 aromatic rings. The fourth-order valence-corrected chi connectivity index (χ4v) is 0.557. The highest BCUT2D eigenvalue weighted by Crippen LogP contribution is 1.96. The molecule has 0 radical (unpaired) electrons. The highest BCUT2D eigenvalue weighted by Gasteiger charge is 2.10. The maximum atomic E-state index is 10.2. The second-order valence-corrected chi connectivity index (χ2v) is 1.67. The maximum Gasteiger partial charge on any atom is 0.410 e. The van der Waals surface area contributed by atoms with Crippen LogP contribution in [-0.4, -0.2) is 29.4 Å². The normalized spacial score (nSPS) is 17.1. The van der Waals surface area contributed by atoms with Crippen molar-refractivity contribution in [2.24, 2.45) is 0 Å². The van der Waals surface area contributed by atoms with Gasteiger partial charge in [0.05, 0.1) is 6.26 Å². The molecule has 1 amide bonds. The van der Waals surface area contributed by atoms with E-state index in [0.717, 1.165) is 0 Å². The van der Waals surface area contributed by atoms with Crippen LogP contribution in [0.4, 0.5) is 4.79 Å². The van der Waals surface area contributed by atoms with Crippen LogP contribution in [0.1, 0.15) is 0 Å². The van der Waals surface area contributed by atoms with Gasteiger partial charge >= 0.3 is 6.09 Å². The first-order valence-corrected chi connectivity index (χ1v) is 2.55. The van der Waals surface area contributed by atoms with Gasteiger partial charge in [-0.15, -0.1) is 0 Å². The van der Waals surface area contributed by atoms with Crippen LogP contribution in [0.2, 0.25) is 0 Å². The van der Waals surface area contributed by atoms with E-state index >= 15 is 0 Å². The quantitative estimate of drug-likeness (QED) is 0.517. The van der Waals surface area contributed by atoms with Crippen molar-refractivity contribution in [1.82, 2.24) is 4.90 Å². The van der Waals surface area contributed by atoms with E-state index in [1.165, 1.54) is 11.2 Å². The Labute approximate surface area is 52.3 Å². The summed E-state index contributed by atoms with van der Waals surface area (Å²) in [5, 5.41) is 8.35. The van der Waals surface area contributed by atoms with Gasteiger partial charge in [-0.05, 0) is 6.08 Å². The predicted molar refractivity (Wildman–Crippen MR) is 29.8 cm³/mol. The summed E-state index contributed by atoms with van der Waals surface area (Å²) in [7, 11) is 0. The van der Waals surface area contributed by atoms with Crippen molar-refractivity contribution < 1.29 is 14.6 Å². The molecule has 4 heteroatoms. The van der Waals surface area contributed by atoms with E-state index in [1.807, 2.05) is 0 Å². The molecule has 4 nitrogen and oxygen atoms in total. The molecule has 50 valence electrons. The third kappa shape index (κ3) is 1.35. The second-order valence-electron chi connectivity index (χ2n) is 1.67. The summed E-state index contributed by atoms with van der Waals surface area (Å²) >= 11 is 0. The number of hydrogen-bond donors (Lipinski definition) is 1. The zero-order valence-electron chi connectivity index (χ0n) is 4.78. The fraction of sp³-hybridized carbons (Fsp3) is 0.400. The van der Waals surface area contributed by atoms with Crippen molar-refractivity contribution in [1.29, 1.82) is 0 Å². The summed E-state index contributed by atoms with van der Waals surface area (Å²) in [6.45, 7) is 0.571. The van der Waals surface area contributed by atoms with Gasteiger partial charge in [0, 0.05) is 6.54 Å². The highest BCUT2D eigenvalue weighted by atomic mass is 16.5.